The number of nitrogens with zero attached hydrogens (tertiary/aromatic N) is 1. The molecule has 2 rings (SSSR count). The fraction of sp³-hybridized carbons (Fsp3) is 0.600. The number of phenolic OH excluding ortho intramolecular Hbond substituents is 1. The number of hydrogen-bond acceptors (Lipinski definition) is 2. The Morgan fingerprint density at radius 3 is 2.47 bits per heavy atom. The molecule has 0 amide bonds. The molecule has 2 heteroatoms. The van der Waals surface area contributed by atoms with E-state index in [1.165, 1.54) is 31.5 Å². The van der Waals surface area contributed by atoms with Crippen LogP contribution < -0.4 is 0 Å². The molecule has 1 N–H and O–H groups in total. The molecule has 0 radical (unpaired) electrons. The van der Waals surface area contributed by atoms with Crippen LogP contribution in [-0.2, 0) is 5.41 Å². The number of aromatic hydroxyl groups is 1. The molecule has 0 bridgehead atoms. The Bertz CT molecular complexity index is 380. The Balaban J connectivity index is 2.22. The first-order chi connectivity index (χ1) is 8.01. The average molecular weight is 233 g/mol. The van der Waals surface area contributed by atoms with Crippen molar-refractivity contribution in [2.24, 2.45) is 0 Å². The molecule has 1 heterocycles. The average Bonchev–Trinajstić information content (AvgIpc) is 2.81. The van der Waals surface area contributed by atoms with Gasteiger partial charge in [0.1, 0.15) is 5.75 Å². The fourth-order valence-corrected chi connectivity index (χ4v) is 2.73. The zero-order valence-corrected chi connectivity index (χ0v) is 11.1. The molecular formula is C15H23NO. The third-order valence-corrected chi connectivity index (χ3v) is 4.32. The SMILES string of the molecule is CC(N1CCCC1)C(C)(C)c1cccc(O)c1. The van der Waals surface area contributed by atoms with Crippen LogP contribution in [0.15, 0.2) is 24.3 Å². The molecule has 1 aliphatic rings. The highest BCUT2D eigenvalue weighted by molar-refractivity contribution is 5.33. The summed E-state index contributed by atoms with van der Waals surface area (Å²) in [4.78, 5) is 2.56. The van der Waals surface area contributed by atoms with E-state index in [4.69, 9.17) is 0 Å². The van der Waals surface area contributed by atoms with E-state index in [0.717, 1.165) is 0 Å². The molecule has 17 heavy (non-hydrogen) atoms. The second-order valence-electron chi connectivity index (χ2n) is 5.69. The van der Waals surface area contributed by atoms with E-state index in [2.05, 4.69) is 31.7 Å². The number of phenols is 1. The smallest absolute Gasteiger partial charge is 0.115 e. The molecule has 0 saturated carbocycles. The molecule has 1 aromatic carbocycles. The highest BCUT2D eigenvalue weighted by Gasteiger charge is 2.33. The molecule has 0 aromatic heterocycles. The van der Waals surface area contributed by atoms with Crippen LogP contribution in [0.25, 0.3) is 0 Å². The predicted molar refractivity (Wildman–Crippen MR) is 71.4 cm³/mol. The maximum atomic E-state index is 9.61. The third-order valence-electron chi connectivity index (χ3n) is 4.32. The van der Waals surface area contributed by atoms with Gasteiger partial charge in [0.25, 0.3) is 0 Å². The van der Waals surface area contributed by atoms with E-state index < -0.39 is 0 Å². The van der Waals surface area contributed by atoms with Crippen LogP contribution in [-0.4, -0.2) is 29.1 Å². The first kappa shape index (κ1) is 12.4. The summed E-state index contributed by atoms with van der Waals surface area (Å²) in [6.07, 6.45) is 2.64. The zero-order valence-electron chi connectivity index (χ0n) is 11.1. The molecule has 1 aliphatic heterocycles. The zero-order chi connectivity index (χ0) is 12.5. The number of rotatable bonds is 3. The monoisotopic (exact) mass is 233 g/mol. The molecule has 1 atom stereocenters. The Hall–Kier alpha value is -1.02. The first-order valence-corrected chi connectivity index (χ1v) is 6.55. The molecule has 0 spiro atoms. The Morgan fingerprint density at radius 2 is 1.88 bits per heavy atom. The van der Waals surface area contributed by atoms with Gasteiger partial charge in [-0.3, -0.25) is 4.90 Å². The molecule has 2 nitrogen and oxygen atoms in total. The van der Waals surface area contributed by atoms with Gasteiger partial charge in [-0.2, -0.15) is 0 Å². The van der Waals surface area contributed by atoms with Crippen LogP contribution in [0, 0.1) is 0 Å². The normalized spacial score (nSPS) is 19.5. The van der Waals surface area contributed by atoms with Crippen LogP contribution in [0.3, 0.4) is 0 Å². The first-order valence-electron chi connectivity index (χ1n) is 6.55. The predicted octanol–water partition coefficient (Wildman–Crippen LogP) is 3.15. The van der Waals surface area contributed by atoms with Crippen molar-refractivity contribution in [3.05, 3.63) is 29.8 Å². The number of benzene rings is 1. The molecule has 1 saturated heterocycles. The van der Waals surface area contributed by atoms with Crippen molar-refractivity contribution in [2.45, 2.75) is 45.1 Å². The summed E-state index contributed by atoms with van der Waals surface area (Å²) in [5.41, 5.74) is 1.29. The maximum Gasteiger partial charge on any atom is 0.115 e. The van der Waals surface area contributed by atoms with E-state index >= 15 is 0 Å². The minimum atomic E-state index is 0.0725. The maximum absolute atomic E-state index is 9.61. The topological polar surface area (TPSA) is 23.5 Å². The molecule has 1 aromatic rings. The second-order valence-corrected chi connectivity index (χ2v) is 5.69. The van der Waals surface area contributed by atoms with E-state index in [0.29, 0.717) is 11.8 Å². The van der Waals surface area contributed by atoms with Gasteiger partial charge < -0.3 is 5.11 Å². The van der Waals surface area contributed by atoms with E-state index in [-0.39, 0.29) is 5.41 Å². The highest BCUT2D eigenvalue weighted by Crippen LogP contribution is 2.33. The minimum Gasteiger partial charge on any atom is -0.508 e. The molecule has 1 unspecified atom stereocenters. The lowest BCUT2D eigenvalue weighted by molar-refractivity contribution is 0.180. The second kappa shape index (κ2) is 4.69. The van der Waals surface area contributed by atoms with Gasteiger partial charge in [-0.25, -0.2) is 0 Å². The van der Waals surface area contributed by atoms with Gasteiger partial charge in [0.15, 0.2) is 0 Å². The summed E-state index contributed by atoms with van der Waals surface area (Å²) < 4.78 is 0. The van der Waals surface area contributed by atoms with Crippen LogP contribution >= 0.6 is 0 Å². The Kier molecular flexibility index (Phi) is 3.43. The van der Waals surface area contributed by atoms with Gasteiger partial charge >= 0.3 is 0 Å². The summed E-state index contributed by atoms with van der Waals surface area (Å²) in [5.74, 6) is 0.365. The van der Waals surface area contributed by atoms with Crippen molar-refractivity contribution < 1.29 is 5.11 Å². The van der Waals surface area contributed by atoms with Crippen molar-refractivity contribution in [3.63, 3.8) is 0 Å². The highest BCUT2D eigenvalue weighted by atomic mass is 16.3. The van der Waals surface area contributed by atoms with Crippen LogP contribution in [0.1, 0.15) is 39.2 Å². The Morgan fingerprint density at radius 1 is 1.24 bits per heavy atom. The molecule has 0 aliphatic carbocycles. The summed E-state index contributed by atoms with van der Waals surface area (Å²) in [6.45, 7) is 9.26. The van der Waals surface area contributed by atoms with Crippen molar-refractivity contribution in [1.29, 1.82) is 0 Å². The third kappa shape index (κ3) is 2.47. The lowest BCUT2D eigenvalue weighted by Gasteiger charge is -2.38. The quantitative estimate of drug-likeness (QED) is 0.867. The van der Waals surface area contributed by atoms with Gasteiger partial charge in [-0.15, -0.1) is 0 Å². The lowest BCUT2D eigenvalue weighted by Crippen LogP contribution is -2.44. The molecular weight excluding hydrogens is 210 g/mol. The largest absolute Gasteiger partial charge is 0.508 e. The van der Waals surface area contributed by atoms with Gasteiger partial charge in [0.2, 0.25) is 0 Å². The summed E-state index contributed by atoms with van der Waals surface area (Å²) in [5, 5.41) is 9.61. The standard InChI is InChI=1S/C15H23NO/c1-12(16-9-4-5-10-16)15(2,3)13-7-6-8-14(17)11-13/h6-8,11-12,17H,4-5,9-10H2,1-3H3. The van der Waals surface area contributed by atoms with Crippen LogP contribution in [0.5, 0.6) is 5.75 Å². The summed E-state index contributed by atoms with van der Waals surface area (Å²) >= 11 is 0. The van der Waals surface area contributed by atoms with Gasteiger partial charge in [-0.1, -0.05) is 26.0 Å². The van der Waals surface area contributed by atoms with Gasteiger partial charge in [-0.05, 0) is 50.6 Å². The van der Waals surface area contributed by atoms with Crippen molar-refractivity contribution in [2.75, 3.05) is 13.1 Å². The van der Waals surface area contributed by atoms with Crippen molar-refractivity contribution >= 4 is 0 Å². The van der Waals surface area contributed by atoms with E-state index in [9.17, 15) is 5.11 Å². The van der Waals surface area contributed by atoms with Gasteiger partial charge in [0.05, 0.1) is 0 Å². The summed E-state index contributed by atoms with van der Waals surface area (Å²) in [7, 11) is 0. The van der Waals surface area contributed by atoms with Gasteiger partial charge in [0, 0.05) is 11.5 Å². The van der Waals surface area contributed by atoms with Crippen molar-refractivity contribution in [3.8, 4) is 5.75 Å². The fourth-order valence-electron chi connectivity index (χ4n) is 2.73. The molecule has 1 fully saturated rings. The summed E-state index contributed by atoms with van der Waals surface area (Å²) in [6, 6.07) is 8.19. The van der Waals surface area contributed by atoms with E-state index in [1.807, 2.05) is 12.1 Å². The van der Waals surface area contributed by atoms with Crippen LogP contribution in [0.4, 0.5) is 0 Å². The van der Waals surface area contributed by atoms with Crippen molar-refractivity contribution in [1.82, 2.24) is 4.90 Å². The number of likely N-dealkylation sites (tertiary alicyclic amines) is 1. The minimum absolute atomic E-state index is 0.0725. The number of hydrogen-bond donors (Lipinski definition) is 1. The Labute approximate surface area is 104 Å². The van der Waals surface area contributed by atoms with E-state index in [1.54, 1.807) is 6.07 Å². The molecule has 94 valence electrons. The lowest BCUT2D eigenvalue weighted by atomic mass is 9.78. The van der Waals surface area contributed by atoms with Crippen LogP contribution in [0.2, 0.25) is 0 Å².